The van der Waals surface area contributed by atoms with Crippen molar-refractivity contribution in [3.63, 3.8) is 0 Å². The van der Waals surface area contributed by atoms with Crippen LogP contribution in [0.25, 0.3) is 0 Å². The third-order valence-corrected chi connectivity index (χ3v) is 2.11. The first-order chi connectivity index (χ1) is 6.18. The van der Waals surface area contributed by atoms with Crippen LogP contribution in [0.2, 0.25) is 0 Å². The van der Waals surface area contributed by atoms with Gasteiger partial charge in [0, 0.05) is 0 Å². The maximum absolute atomic E-state index is 11.3. The van der Waals surface area contributed by atoms with Crippen LogP contribution < -0.4 is 16.4 Å². The lowest BCUT2D eigenvalue weighted by atomic mass is 10.1. The first-order valence-electron chi connectivity index (χ1n) is 4.14. The second-order valence-corrected chi connectivity index (χ2v) is 3.13. The average molecular weight is 177 g/mol. The number of carbonyl (C=O) groups is 1. The molecule has 1 aromatic carbocycles. The molecule has 68 valence electrons. The lowest BCUT2D eigenvalue weighted by molar-refractivity contribution is -0.116. The summed E-state index contributed by atoms with van der Waals surface area (Å²) >= 11 is 0. The summed E-state index contributed by atoms with van der Waals surface area (Å²) in [7, 11) is 0. The molecule has 1 heterocycles. The Labute approximate surface area is 76.1 Å². The lowest BCUT2D eigenvalue weighted by Crippen LogP contribution is -2.36. The van der Waals surface area contributed by atoms with Crippen molar-refractivity contribution in [2.24, 2.45) is 0 Å². The van der Waals surface area contributed by atoms with E-state index in [1.165, 1.54) is 0 Å². The summed E-state index contributed by atoms with van der Waals surface area (Å²) < 4.78 is 0. The number of hydrogen-bond acceptors (Lipinski definition) is 3. The van der Waals surface area contributed by atoms with Gasteiger partial charge in [-0.1, -0.05) is 6.07 Å². The molecule has 2 rings (SSSR count). The fourth-order valence-corrected chi connectivity index (χ4v) is 1.36. The molecule has 1 aliphatic heterocycles. The highest BCUT2D eigenvalue weighted by atomic mass is 16.2. The molecule has 0 aliphatic carbocycles. The standard InChI is InChI=1S/C9H11N3O/c1-5-9(13)12-7-4-2-3-6(10)8(7)11-5/h2-5,11H,10H2,1H3,(H,12,13)/t5-/m1/s1. The summed E-state index contributed by atoms with van der Waals surface area (Å²) in [5, 5.41) is 5.81. The van der Waals surface area contributed by atoms with Crippen LogP contribution >= 0.6 is 0 Å². The normalized spacial score (nSPS) is 20.1. The second kappa shape index (κ2) is 2.65. The van der Waals surface area contributed by atoms with Gasteiger partial charge in [0.15, 0.2) is 0 Å². The van der Waals surface area contributed by atoms with E-state index < -0.39 is 0 Å². The number of nitrogen functional groups attached to an aromatic ring is 1. The summed E-state index contributed by atoms with van der Waals surface area (Å²) in [6.07, 6.45) is 0. The minimum atomic E-state index is -0.225. The maximum Gasteiger partial charge on any atom is 0.246 e. The monoisotopic (exact) mass is 177 g/mol. The zero-order chi connectivity index (χ0) is 9.42. The van der Waals surface area contributed by atoms with Crippen molar-refractivity contribution in [2.75, 3.05) is 16.4 Å². The first-order valence-corrected chi connectivity index (χ1v) is 4.14. The number of anilines is 3. The van der Waals surface area contributed by atoms with Crippen LogP contribution in [0.1, 0.15) is 6.92 Å². The van der Waals surface area contributed by atoms with Gasteiger partial charge in [0.05, 0.1) is 17.1 Å². The first kappa shape index (κ1) is 7.91. The van der Waals surface area contributed by atoms with E-state index in [9.17, 15) is 4.79 Å². The molecule has 0 saturated heterocycles. The number of hydrogen-bond donors (Lipinski definition) is 3. The molecule has 1 aliphatic rings. The van der Waals surface area contributed by atoms with Gasteiger partial charge in [-0.2, -0.15) is 0 Å². The molecule has 0 radical (unpaired) electrons. The summed E-state index contributed by atoms with van der Waals surface area (Å²) in [5.41, 5.74) is 7.96. The Morgan fingerprint density at radius 2 is 2.23 bits per heavy atom. The largest absolute Gasteiger partial charge is 0.397 e. The highest BCUT2D eigenvalue weighted by molar-refractivity contribution is 6.04. The van der Waals surface area contributed by atoms with Crippen molar-refractivity contribution in [3.8, 4) is 0 Å². The predicted octanol–water partition coefficient (Wildman–Crippen LogP) is 1.02. The van der Waals surface area contributed by atoms with Gasteiger partial charge >= 0.3 is 0 Å². The Morgan fingerprint density at radius 3 is 3.00 bits per heavy atom. The van der Waals surface area contributed by atoms with E-state index in [0.29, 0.717) is 5.69 Å². The summed E-state index contributed by atoms with van der Waals surface area (Å²) in [6.45, 7) is 1.80. The lowest BCUT2D eigenvalue weighted by Gasteiger charge is -2.25. The van der Waals surface area contributed by atoms with Gasteiger partial charge < -0.3 is 16.4 Å². The number of amides is 1. The molecule has 0 unspecified atom stereocenters. The molecule has 4 nitrogen and oxygen atoms in total. The summed E-state index contributed by atoms with van der Waals surface area (Å²) in [4.78, 5) is 11.3. The van der Waals surface area contributed by atoms with Crippen molar-refractivity contribution in [1.29, 1.82) is 0 Å². The second-order valence-electron chi connectivity index (χ2n) is 3.13. The molecule has 4 N–H and O–H groups in total. The molecule has 1 amide bonds. The number of para-hydroxylation sites is 1. The third kappa shape index (κ3) is 1.20. The number of rotatable bonds is 0. The molecule has 0 aromatic heterocycles. The van der Waals surface area contributed by atoms with E-state index >= 15 is 0 Å². The van der Waals surface area contributed by atoms with Crippen LogP contribution in [0.3, 0.4) is 0 Å². The van der Waals surface area contributed by atoms with E-state index in [-0.39, 0.29) is 11.9 Å². The van der Waals surface area contributed by atoms with Crippen LogP contribution in [0.5, 0.6) is 0 Å². The third-order valence-electron chi connectivity index (χ3n) is 2.11. The number of nitrogens with one attached hydrogen (secondary N) is 2. The molecule has 0 fully saturated rings. The Morgan fingerprint density at radius 1 is 1.46 bits per heavy atom. The highest BCUT2D eigenvalue weighted by Crippen LogP contribution is 2.31. The van der Waals surface area contributed by atoms with Crippen LogP contribution in [0.4, 0.5) is 17.1 Å². The Hall–Kier alpha value is -1.71. The fraction of sp³-hybridized carbons (Fsp3) is 0.222. The van der Waals surface area contributed by atoms with Gasteiger partial charge in [-0.3, -0.25) is 4.79 Å². The van der Waals surface area contributed by atoms with Crippen LogP contribution in [0.15, 0.2) is 18.2 Å². The van der Waals surface area contributed by atoms with E-state index in [1.54, 1.807) is 13.0 Å². The number of carbonyl (C=O) groups excluding carboxylic acids is 1. The van der Waals surface area contributed by atoms with Crippen LogP contribution in [-0.2, 0) is 4.79 Å². The van der Waals surface area contributed by atoms with Gasteiger partial charge in [0.25, 0.3) is 0 Å². The van der Waals surface area contributed by atoms with Gasteiger partial charge in [-0.05, 0) is 19.1 Å². The van der Waals surface area contributed by atoms with Crippen molar-refractivity contribution in [2.45, 2.75) is 13.0 Å². The SMILES string of the molecule is C[C@H]1Nc2c(N)cccc2NC1=O. The van der Waals surface area contributed by atoms with Gasteiger partial charge in [-0.25, -0.2) is 0 Å². The minimum absolute atomic E-state index is 0.0295. The number of fused-ring (bicyclic) bond motifs is 1. The topological polar surface area (TPSA) is 67.2 Å². The Bertz CT molecular complexity index is 362. The molecule has 0 bridgehead atoms. The van der Waals surface area contributed by atoms with Crippen molar-refractivity contribution < 1.29 is 4.79 Å². The zero-order valence-corrected chi connectivity index (χ0v) is 7.29. The smallest absolute Gasteiger partial charge is 0.246 e. The molecule has 4 heteroatoms. The molecule has 1 aromatic rings. The van der Waals surface area contributed by atoms with Gasteiger partial charge in [0.1, 0.15) is 6.04 Å². The van der Waals surface area contributed by atoms with Crippen molar-refractivity contribution >= 4 is 23.0 Å². The molecule has 0 saturated carbocycles. The van der Waals surface area contributed by atoms with Crippen molar-refractivity contribution in [3.05, 3.63) is 18.2 Å². The average Bonchev–Trinajstić information content (AvgIpc) is 2.09. The maximum atomic E-state index is 11.3. The molecule has 1 atom stereocenters. The molecule has 13 heavy (non-hydrogen) atoms. The minimum Gasteiger partial charge on any atom is -0.397 e. The van der Waals surface area contributed by atoms with Crippen molar-refractivity contribution in [1.82, 2.24) is 0 Å². The summed E-state index contributed by atoms with van der Waals surface area (Å²) in [5.74, 6) is -0.0295. The zero-order valence-electron chi connectivity index (χ0n) is 7.29. The molecule has 0 spiro atoms. The summed E-state index contributed by atoms with van der Waals surface area (Å²) in [6, 6.07) is 5.21. The highest BCUT2D eigenvalue weighted by Gasteiger charge is 2.22. The number of nitrogens with two attached hydrogens (primary N) is 1. The van der Waals surface area contributed by atoms with E-state index in [2.05, 4.69) is 10.6 Å². The van der Waals surface area contributed by atoms with E-state index in [1.807, 2.05) is 12.1 Å². The predicted molar refractivity (Wildman–Crippen MR) is 52.6 cm³/mol. The Balaban J connectivity index is 2.48. The molecular formula is C9H11N3O. The van der Waals surface area contributed by atoms with Crippen LogP contribution in [-0.4, -0.2) is 11.9 Å². The molecular weight excluding hydrogens is 166 g/mol. The van der Waals surface area contributed by atoms with Gasteiger partial charge in [-0.15, -0.1) is 0 Å². The quantitative estimate of drug-likeness (QED) is 0.518. The Kier molecular flexibility index (Phi) is 1.62. The van der Waals surface area contributed by atoms with Crippen LogP contribution in [0, 0.1) is 0 Å². The van der Waals surface area contributed by atoms with E-state index in [4.69, 9.17) is 5.73 Å². The fourth-order valence-electron chi connectivity index (χ4n) is 1.36. The van der Waals surface area contributed by atoms with Gasteiger partial charge in [0.2, 0.25) is 5.91 Å². The number of benzene rings is 1. The van der Waals surface area contributed by atoms with E-state index in [0.717, 1.165) is 11.4 Å².